The summed E-state index contributed by atoms with van der Waals surface area (Å²) < 4.78 is -0.507. The van der Waals surface area contributed by atoms with Crippen molar-refractivity contribution in [3.8, 4) is 0 Å². The highest BCUT2D eigenvalue weighted by molar-refractivity contribution is 5.74. The Balaban J connectivity index is 3.67. The fourth-order valence-electron chi connectivity index (χ4n) is 3.03. The number of likely N-dealkylation sites (N-methyl/N-ethyl adjacent to an activating group) is 1. The monoisotopic (exact) mass is 344 g/mol. The van der Waals surface area contributed by atoms with Crippen LogP contribution in [0.1, 0.15) is 90.4 Å². The number of carboxylic acids is 1. The number of rotatable bonds is 15. The van der Waals surface area contributed by atoms with Gasteiger partial charge in [0.25, 0.3) is 0 Å². The lowest BCUT2D eigenvalue weighted by atomic mass is 10.0. The average Bonchev–Trinajstić information content (AvgIpc) is 2.51. The zero-order valence-electron chi connectivity index (χ0n) is 15.9. The van der Waals surface area contributed by atoms with Crippen molar-refractivity contribution >= 4 is 12.1 Å². The van der Waals surface area contributed by atoms with E-state index in [2.05, 4.69) is 6.92 Å². The molecule has 0 saturated heterocycles. The van der Waals surface area contributed by atoms with Crippen LogP contribution in [0.4, 0.5) is 4.79 Å². The van der Waals surface area contributed by atoms with Gasteiger partial charge in [0.1, 0.15) is 0 Å². The smallest absolute Gasteiger partial charge is 0.477 e. The van der Waals surface area contributed by atoms with Gasteiger partial charge in [0.2, 0.25) is 0 Å². The second-order valence-electron chi connectivity index (χ2n) is 7.35. The predicted octanol–water partition coefficient (Wildman–Crippen LogP) is 5.29. The molecule has 24 heavy (non-hydrogen) atoms. The molecule has 5 nitrogen and oxygen atoms in total. The van der Waals surface area contributed by atoms with Crippen LogP contribution in [0.5, 0.6) is 0 Å². The highest BCUT2D eigenvalue weighted by Crippen LogP contribution is 2.17. The summed E-state index contributed by atoms with van der Waals surface area (Å²) >= 11 is 0. The van der Waals surface area contributed by atoms with Gasteiger partial charge in [-0.1, -0.05) is 77.6 Å². The lowest BCUT2D eigenvalue weighted by Crippen LogP contribution is -2.56. The Hall–Kier alpha value is -1.10. The number of hydrogen-bond donors (Lipinski definition) is 2. The maximum atomic E-state index is 11.3. The van der Waals surface area contributed by atoms with Gasteiger partial charge in [-0.2, -0.15) is 4.79 Å². The molecule has 0 aliphatic carbocycles. The van der Waals surface area contributed by atoms with E-state index < -0.39 is 22.6 Å². The maximum absolute atomic E-state index is 11.3. The molecule has 0 heterocycles. The summed E-state index contributed by atoms with van der Waals surface area (Å²) in [5.74, 6) is -1.02. The molecule has 1 atom stereocenters. The Bertz CT molecular complexity index is 355. The van der Waals surface area contributed by atoms with Crippen molar-refractivity contribution in [2.24, 2.45) is 0 Å². The lowest BCUT2D eigenvalue weighted by molar-refractivity contribution is -0.834. The van der Waals surface area contributed by atoms with Crippen molar-refractivity contribution in [3.63, 3.8) is 0 Å². The molecule has 0 fully saturated rings. The van der Waals surface area contributed by atoms with Crippen LogP contribution >= 0.6 is 0 Å². The number of carboxylic acid groups (broad SMARTS) is 2. The van der Waals surface area contributed by atoms with Gasteiger partial charge in [-0.25, -0.2) is 9.28 Å². The first-order valence-corrected chi connectivity index (χ1v) is 9.64. The number of unbranched alkanes of at least 4 members (excludes halogenated alkanes) is 11. The van der Waals surface area contributed by atoms with Crippen LogP contribution in [0.25, 0.3) is 0 Å². The summed E-state index contributed by atoms with van der Waals surface area (Å²) in [6.07, 6.45) is 14.0. The molecule has 5 heteroatoms. The van der Waals surface area contributed by atoms with Gasteiger partial charge in [-0.15, -0.1) is 0 Å². The summed E-state index contributed by atoms with van der Waals surface area (Å²) in [7, 11) is 2.89. The van der Waals surface area contributed by atoms with Crippen molar-refractivity contribution < 1.29 is 24.3 Å². The van der Waals surface area contributed by atoms with E-state index in [0.29, 0.717) is 6.42 Å². The molecule has 0 aliphatic heterocycles. The molecule has 2 N–H and O–H groups in total. The Morgan fingerprint density at radius 2 is 1.12 bits per heavy atom. The molecule has 0 aromatic rings. The van der Waals surface area contributed by atoms with Crippen molar-refractivity contribution in [2.75, 3.05) is 14.1 Å². The van der Waals surface area contributed by atoms with Gasteiger partial charge >= 0.3 is 12.1 Å². The number of amides is 1. The predicted molar refractivity (Wildman–Crippen MR) is 97.3 cm³/mol. The molecule has 0 aromatic carbocycles. The van der Waals surface area contributed by atoms with Crippen molar-refractivity contribution in [2.45, 2.75) is 96.4 Å². The van der Waals surface area contributed by atoms with E-state index in [4.69, 9.17) is 5.11 Å². The van der Waals surface area contributed by atoms with Crippen molar-refractivity contribution in [3.05, 3.63) is 0 Å². The third kappa shape index (κ3) is 9.91. The third-order valence-electron chi connectivity index (χ3n) is 4.89. The second-order valence-corrected chi connectivity index (χ2v) is 7.35. The highest BCUT2D eigenvalue weighted by Gasteiger charge is 2.40. The molecule has 0 rings (SSSR count). The molecule has 0 spiro atoms. The Kier molecular flexibility index (Phi) is 12.6. The SMILES string of the molecule is CCCCCCCCCCCCCCC(C(=O)O)[N+](C)(C)C(=O)O. The van der Waals surface area contributed by atoms with Gasteiger partial charge in [0, 0.05) is 6.42 Å². The standard InChI is InChI=1S/C19H37NO4/c1-4-5-6-7-8-9-10-11-12-13-14-15-16-17(18(21)22)20(2,3)19(23)24/h17H,4-16H2,1-3H3,(H-,21,22,23,24)/p+1. The van der Waals surface area contributed by atoms with Crippen LogP contribution in [0.2, 0.25) is 0 Å². The molecule has 0 radical (unpaired) electrons. The molecular formula is C19H38NO4+. The third-order valence-corrected chi connectivity index (χ3v) is 4.89. The number of nitrogens with zero attached hydrogens (tertiary/aromatic N) is 1. The zero-order chi connectivity index (χ0) is 18.4. The summed E-state index contributed by atoms with van der Waals surface area (Å²) in [5, 5.41) is 18.4. The van der Waals surface area contributed by atoms with Gasteiger partial charge in [-0.3, -0.25) is 0 Å². The average molecular weight is 345 g/mol. The van der Waals surface area contributed by atoms with E-state index in [-0.39, 0.29) is 0 Å². The first kappa shape index (κ1) is 22.9. The fraction of sp³-hybridized carbons (Fsp3) is 0.895. The Labute approximate surface area is 147 Å². The van der Waals surface area contributed by atoms with E-state index in [9.17, 15) is 14.7 Å². The summed E-state index contributed by atoms with van der Waals surface area (Å²) in [5.41, 5.74) is 0. The molecule has 0 saturated carbocycles. The summed E-state index contributed by atoms with van der Waals surface area (Å²) in [6.45, 7) is 2.24. The normalized spacial score (nSPS) is 13.0. The van der Waals surface area contributed by atoms with E-state index in [1.165, 1.54) is 71.9 Å². The molecule has 142 valence electrons. The van der Waals surface area contributed by atoms with Crippen LogP contribution in [-0.2, 0) is 4.79 Å². The number of hydrogen-bond acceptors (Lipinski definition) is 2. The minimum atomic E-state index is -1.10. The number of aliphatic carboxylic acids is 1. The quantitative estimate of drug-likeness (QED) is 0.313. The van der Waals surface area contributed by atoms with Gasteiger partial charge in [0.15, 0.2) is 6.04 Å². The molecule has 0 bridgehead atoms. The number of quaternary nitrogens is 1. The van der Waals surface area contributed by atoms with Crippen molar-refractivity contribution in [1.29, 1.82) is 0 Å². The van der Waals surface area contributed by atoms with E-state index >= 15 is 0 Å². The molecular weight excluding hydrogens is 306 g/mol. The first-order valence-electron chi connectivity index (χ1n) is 9.64. The zero-order valence-corrected chi connectivity index (χ0v) is 15.9. The van der Waals surface area contributed by atoms with E-state index in [1.54, 1.807) is 0 Å². The highest BCUT2D eigenvalue weighted by atomic mass is 16.4. The fourth-order valence-corrected chi connectivity index (χ4v) is 3.03. The largest absolute Gasteiger partial charge is 0.513 e. The Morgan fingerprint density at radius 3 is 1.46 bits per heavy atom. The molecule has 0 aliphatic rings. The van der Waals surface area contributed by atoms with Crippen LogP contribution in [0, 0.1) is 0 Å². The lowest BCUT2D eigenvalue weighted by Gasteiger charge is -2.29. The minimum Gasteiger partial charge on any atom is -0.477 e. The maximum Gasteiger partial charge on any atom is 0.513 e. The molecule has 0 aromatic heterocycles. The van der Waals surface area contributed by atoms with Crippen molar-refractivity contribution in [1.82, 2.24) is 0 Å². The first-order chi connectivity index (χ1) is 11.3. The van der Waals surface area contributed by atoms with Crippen LogP contribution in [-0.4, -0.2) is 46.9 Å². The van der Waals surface area contributed by atoms with Gasteiger partial charge < -0.3 is 10.2 Å². The summed E-state index contributed by atoms with van der Waals surface area (Å²) in [4.78, 5) is 22.5. The molecule has 1 unspecified atom stereocenters. The van der Waals surface area contributed by atoms with Crippen LogP contribution < -0.4 is 0 Å². The van der Waals surface area contributed by atoms with Gasteiger partial charge in [0.05, 0.1) is 14.1 Å². The van der Waals surface area contributed by atoms with E-state index in [0.717, 1.165) is 19.3 Å². The van der Waals surface area contributed by atoms with Crippen LogP contribution in [0.15, 0.2) is 0 Å². The molecule has 1 amide bonds. The van der Waals surface area contributed by atoms with Gasteiger partial charge in [-0.05, 0) is 6.42 Å². The van der Waals surface area contributed by atoms with E-state index in [1.807, 2.05) is 0 Å². The number of carbonyl (C=O) groups is 2. The Morgan fingerprint density at radius 1 is 0.750 bits per heavy atom. The van der Waals surface area contributed by atoms with Crippen LogP contribution in [0.3, 0.4) is 0 Å². The minimum absolute atomic E-state index is 0.423. The summed E-state index contributed by atoms with van der Waals surface area (Å²) in [6, 6.07) is -0.870. The topological polar surface area (TPSA) is 74.6 Å². The second kappa shape index (κ2) is 13.2.